The van der Waals surface area contributed by atoms with Gasteiger partial charge in [0.25, 0.3) is 0 Å². The van der Waals surface area contributed by atoms with Crippen LogP contribution in [0.15, 0.2) is 30.3 Å². The standard InChI is InChI=1S/C10H12O2.Mg/c1-2-6-10(11)12-9-7-4-3-5-8-9;/h3-5,7-8H,2,6H2,1H3;. The number of esters is 1. The topological polar surface area (TPSA) is 26.3 Å². The minimum Gasteiger partial charge on any atom is -0.427 e. The van der Waals surface area contributed by atoms with Crippen molar-refractivity contribution in [2.24, 2.45) is 0 Å². The molecule has 0 aliphatic carbocycles. The Morgan fingerprint density at radius 3 is 2.46 bits per heavy atom. The van der Waals surface area contributed by atoms with Gasteiger partial charge in [-0.3, -0.25) is 4.79 Å². The fourth-order valence-electron chi connectivity index (χ4n) is 0.875. The number of para-hydroxylation sites is 1. The van der Waals surface area contributed by atoms with E-state index in [9.17, 15) is 4.79 Å². The third-order valence-electron chi connectivity index (χ3n) is 1.43. The maximum Gasteiger partial charge on any atom is 0.311 e. The maximum atomic E-state index is 11.0. The second-order valence-electron chi connectivity index (χ2n) is 2.54. The molecule has 0 aromatic heterocycles. The molecule has 3 heteroatoms. The van der Waals surface area contributed by atoms with Gasteiger partial charge in [0, 0.05) is 29.5 Å². The van der Waals surface area contributed by atoms with Crippen LogP contribution in [0.1, 0.15) is 19.8 Å². The van der Waals surface area contributed by atoms with E-state index in [1.54, 1.807) is 12.1 Å². The molecule has 2 radical (unpaired) electrons. The van der Waals surface area contributed by atoms with Crippen molar-refractivity contribution in [3.63, 3.8) is 0 Å². The van der Waals surface area contributed by atoms with Gasteiger partial charge < -0.3 is 4.74 Å². The van der Waals surface area contributed by atoms with E-state index >= 15 is 0 Å². The molecule has 0 saturated heterocycles. The predicted octanol–water partition coefficient (Wildman–Crippen LogP) is 2.01. The third-order valence-corrected chi connectivity index (χ3v) is 1.43. The lowest BCUT2D eigenvalue weighted by molar-refractivity contribution is -0.134. The molecule has 13 heavy (non-hydrogen) atoms. The fourth-order valence-corrected chi connectivity index (χ4v) is 0.875. The monoisotopic (exact) mass is 188 g/mol. The number of benzene rings is 1. The highest BCUT2D eigenvalue weighted by Gasteiger charge is 2.00. The molecule has 0 aliphatic heterocycles. The van der Waals surface area contributed by atoms with Gasteiger partial charge in [-0.05, 0) is 18.6 Å². The number of hydrogen-bond donors (Lipinski definition) is 0. The van der Waals surface area contributed by atoms with E-state index in [0.29, 0.717) is 12.2 Å². The van der Waals surface area contributed by atoms with Crippen molar-refractivity contribution in [1.29, 1.82) is 0 Å². The summed E-state index contributed by atoms with van der Waals surface area (Å²) in [7, 11) is 0. The van der Waals surface area contributed by atoms with Gasteiger partial charge in [-0.15, -0.1) is 0 Å². The summed E-state index contributed by atoms with van der Waals surface area (Å²) in [5.74, 6) is 0.458. The smallest absolute Gasteiger partial charge is 0.311 e. The van der Waals surface area contributed by atoms with Crippen LogP contribution in [0.3, 0.4) is 0 Å². The van der Waals surface area contributed by atoms with Crippen LogP contribution >= 0.6 is 0 Å². The average molecular weight is 189 g/mol. The van der Waals surface area contributed by atoms with Gasteiger partial charge in [0.2, 0.25) is 0 Å². The Labute approximate surface area is 94.4 Å². The third kappa shape index (κ3) is 4.90. The lowest BCUT2D eigenvalue weighted by atomic mass is 10.3. The number of carbonyl (C=O) groups is 1. The summed E-state index contributed by atoms with van der Waals surface area (Å²) in [5.41, 5.74) is 0. The zero-order valence-corrected chi connectivity index (χ0v) is 9.24. The molecule has 0 fully saturated rings. The van der Waals surface area contributed by atoms with Gasteiger partial charge in [-0.1, -0.05) is 25.1 Å². The maximum absolute atomic E-state index is 11.0. The summed E-state index contributed by atoms with van der Waals surface area (Å²) in [5, 5.41) is 0. The Morgan fingerprint density at radius 1 is 1.31 bits per heavy atom. The second-order valence-corrected chi connectivity index (χ2v) is 2.54. The number of hydrogen-bond acceptors (Lipinski definition) is 2. The van der Waals surface area contributed by atoms with E-state index in [1.165, 1.54) is 0 Å². The van der Waals surface area contributed by atoms with E-state index in [4.69, 9.17) is 4.74 Å². The highest BCUT2D eigenvalue weighted by molar-refractivity contribution is 5.75. The largest absolute Gasteiger partial charge is 0.427 e. The first-order chi connectivity index (χ1) is 5.83. The molecule has 0 bridgehead atoms. The van der Waals surface area contributed by atoms with Crippen molar-refractivity contribution < 1.29 is 9.53 Å². The number of rotatable bonds is 3. The van der Waals surface area contributed by atoms with E-state index < -0.39 is 0 Å². The van der Waals surface area contributed by atoms with Gasteiger partial charge in [0.15, 0.2) is 0 Å². The molecule has 0 saturated carbocycles. The SMILES string of the molecule is CCCC(=O)Oc1ccccc1.[Mg]. The summed E-state index contributed by atoms with van der Waals surface area (Å²) in [4.78, 5) is 11.0. The van der Waals surface area contributed by atoms with Crippen molar-refractivity contribution >= 4 is 29.0 Å². The van der Waals surface area contributed by atoms with Crippen molar-refractivity contribution in [3.8, 4) is 5.75 Å². The van der Waals surface area contributed by atoms with Crippen molar-refractivity contribution in [2.75, 3.05) is 0 Å². The lowest BCUT2D eigenvalue weighted by Crippen LogP contribution is -2.06. The number of ether oxygens (including phenoxy) is 1. The molecule has 0 atom stereocenters. The van der Waals surface area contributed by atoms with Gasteiger partial charge in [0.05, 0.1) is 0 Å². The summed E-state index contributed by atoms with van der Waals surface area (Å²) in [6, 6.07) is 9.11. The highest BCUT2D eigenvalue weighted by Crippen LogP contribution is 2.09. The Kier molecular flexibility index (Phi) is 6.63. The quantitative estimate of drug-likeness (QED) is 0.412. The number of carbonyl (C=O) groups excluding carboxylic acids is 1. The zero-order chi connectivity index (χ0) is 8.81. The van der Waals surface area contributed by atoms with E-state index in [0.717, 1.165) is 6.42 Å². The summed E-state index contributed by atoms with van der Waals surface area (Å²) in [6.07, 6.45) is 1.31. The van der Waals surface area contributed by atoms with E-state index in [1.807, 2.05) is 25.1 Å². The molecule has 1 aromatic rings. The van der Waals surface area contributed by atoms with Gasteiger partial charge >= 0.3 is 5.97 Å². The highest BCUT2D eigenvalue weighted by atomic mass is 24.3. The fraction of sp³-hybridized carbons (Fsp3) is 0.300. The van der Waals surface area contributed by atoms with Crippen LogP contribution in [0.4, 0.5) is 0 Å². The molecule has 66 valence electrons. The van der Waals surface area contributed by atoms with Crippen LogP contribution in [-0.2, 0) is 4.79 Å². The Morgan fingerprint density at radius 2 is 1.92 bits per heavy atom. The molecule has 1 rings (SSSR count). The molecule has 0 unspecified atom stereocenters. The van der Waals surface area contributed by atoms with Gasteiger partial charge in [-0.2, -0.15) is 0 Å². The molecule has 0 spiro atoms. The van der Waals surface area contributed by atoms with Crippen LogP contribution in [-0.4, -0.2) is 29.0 Å². The molecule has 1 aromatic carbocycles. The van der Waals surface area contributed by atoms with E-state index in [-0.39, 0.29) is 29.0 Å². The van der Waals surface area contributed by atoms with Crippen molar-refractivity contribution in [1.82, 2.24) is 0 Å². The van der Waals surface area contributed by atoms with Gasteiger partial charge in [0.1, 0.15) is 5.75 Å². The molecular formula is C10H12MgO2. The molecule has 0 aliphatic rings. The average Bonchev–Trinajstić information content (AvgIpc) is 2.06. The summed E-state index contributed by atoms with van der Waals surface area (Å²) >= 11 is 0. The minimum atomic E-state index is -0.163. The normalized spacial score (nSPS) is 8.69. The van der Waals surface area contributed by atoms with Crippen LogP contribution in [0.2, 0.25) is 0 Å². The van der Waals surface area contributed by atoms with Crippen LogP contribution in [0, 0.1) is 0 Å². The summed E-state index contributed by atoms with van der Waals surface area (Å²) < 4.78 is 5.02. The molecule has 2 nitrogen and oxygen atoms in total. The first-order valence-electron chi connectivity index (χ1n) is 4.08. The van der Waals surface area contributed by atoms with Crippen LogP contribution in [0.5, 0.6) is 5.75 Å². The zero-order valence-electron chi connectivity index (χ0n) is 7.82. The summed E-state index contributed by atoms with van der Waals surface area (Å²) in [6.45, 7) is 1.95. The van der Waals surface area contributed by atoms with Crippen LogP contribution < -0.4 is 4.74 Å². The van der Waals surface area contributed by atoms with Gasteiger partial charge in [-0.25, -0.2) is 0 Å². The van der Waals surface area contributed by atoms with Crippen LogP contribution in [0.25, 0.3) is 0 Å². The van der Waals surface area contributed by atoms with Crippen molar-refractivity contribution in [3.05, 3.63) is 30.3 Å². The van der Waals surface area contributed by atoms with Crippen molar-refractivity contribution in [2.45, 2.75) is 19.8 Å². The minimum absolute atomic E-state index is 0. The van der Waals surface area contributed by atoms with E-state index in [2.05, 4.69) is 0 Å². The predicted molar refractivity (Wildman–Crippen MR) is 52.7 cm³/mol. The molecule has 0 N–H and O–H groups in total. The lowest BCUT2D eigenvalue weighted by Gasteiger charge is -2.01. The molecule has 0 amide bonds. The molecule has 0 heterocycles. The molecular weight excluding hydrogens is 176 g/mol. The second kappa shape index (κ2) is 6.92. The first kappa shape index (κ1) is 12.5. The Hall–Kier alpha value is -0.544. The first-order valence-corrected chi connectivity index (χ1v) is 4.08. The Balaban J connectivity index is 0.00000144. The Bertz CT molecular complexity index is 246.